The van der Waals surface area contributed by atoms with E-state index in [0.29, 0.717) is 11.3 Å². The Bertz CT molecular complexity index is 762. The summed E-state index contributed by atoms with van der Waals surface area (Å²) in [5, 5.41) is 9.77. The van der Waals surface area contributed by atoms with E-state index in [0.717, 1.165) is 37.6 Å². The molecular formula is C20H21NO4. The van der Waals surface area contributed by atoms with Gasteiger partial charge in [-0.05, 0) is 48.0 Å². The minimum atomic E-state index is -0.0798. The first-order valence-electron chi connectivity index (χ1n) is 8.19. The third-order valence-electron chi connectivity index (χ3n) is 4.16. The first-order chi connectivity index (χ1) is 12.2. The standard InChI is InChI=1S/C20H21NO4/c1-24-20-9-3-15(14-19(20)23)2-8-18(22)16-4-6-17(7-5-16)21-10-12-25-13-11-21/h2-9,14,23H,10-13H2,1H3/b8-2+. The van der Waals surface area contributed by atoms with Crippen LogP contribution in [0.2, 0.25) is 0 Å². The van der Waals surface area contributed by atoms with Gasteiger partial charge in [0.05, 0.1) is 20.3 Å². The third kappa shape index (κ3) is 4.19. The molecule has 0 spiro atoms. The number of benzene rings is 2. The van der Waals surface area contributed by atoms with Crippen molar-refractivity contribution in [2.24, 2.45) is 0 Å². The lowest BCUT2D eigenvalue weighted by Crippen LogP contribution is -2.36. The minimum Gasteiger partial charge on any atom is -0.504 e. The normalized spacial score (nSPS) is 14.7. The maximum Gasteiger partial charge on any atom is 0.185 e. The molecule has 2 aromatic rings. The number of hydrogen-bond donors (Lipinski definition) is 1. The van der Waals surface area contributed by atoms with Crippen molar-refractivity contribution < 1.29 is 19.4 Å². The molecule has 2 aromatic carbocycles. The molecule has 3 rings (SSSR count). The van der Waals surface area contributed by atoms with Crippen LogP contribution < -0.4 is 9.64 Å². The number of aromatic hydroxyl groups is 1. The summed E-state index contributed by atoms with van der Waals surface area (Å²) in [7, 11) is 1.49. The molecule has 25 heavy (non-hydrogen) atoms. The molecule has 1 saturated heterocycles. The van der Waals surface area contributed by atoms with Crippen LogP contribution in [-0.2, 0) is 4.74 Å². The molecule has 130 valence electrons. The number of morpholine rings is 1. The zero-order chi connectivity index (χ0) is 17.6. The number of nitrogens with zero attached hydrogens (tertiary/aromatic N) is 1. The van der Waals surface area contributed by atoms with Crippen molar-refractivity contribution in [3.63, 3.8) is 0 Å². The van der Waals surface area contributed by atoms with Crippen LogP contribution in [0.25, 0.3) is 6.08 Å². The highest BCUT2D eigenvalue weighted by Crippen LogP contribution is 2.26. The van der Waals surface area contributed by atoms with Crippen LogP contribution in [0.4, 0.5) is 5.69 Å². The first-order valence-corrected chi connectivity index (χ1v) is 8.19. The molecule has 1 aliphatic heterocycles. The predicted molar refractivity (Wildman–Crippen MR) is 97.5 cm³/mol. The second-order valence-electron chi connectivity index (χ2n) is 5.78. The summed E-state index contributed by atoms with van der Waals surface area (Å²) in [6, 6.07) is 12.6. The number of allylic oxidation sites excluding steroid dienone is 1. The molecule has 0 atom stereocenters. The van der Waals surface area contributed by atoms with Crippen LogP contribution in [0.5, 0.6) is 11.5 Å². The molecule has 0 amide bonds. The lowest BCUT2D eigenvalue weighted by molar-refractivity contribution is 0.104. The molecule has 1 aliphatic rings. The molecular weight excluding hydrogens is 318 g/mol. The highest BCUT2D eigenvalue weighted by atomic mass is 16.5. The van der Waals surface area contributed by atoms with Gasteiger partial charge in [0.15, 0.2) is 17.3 Å². The lowest BCUT2D eigenvalue weighted by Gasteiger charge is -2.28. The maximum atomic E-state index is 12.3. The number of ether oxygens (including phenoxy) is 2. The van der Waals surface area contributed by atoms with Gasteiger partial charge in [0.1, 0.15) is 0 Å². The summed E-state index contributed by atoms with van der Waals surface area (Å²) in [6.07, 6.45) is 3.18. The number of ketones is 1. The van der Waals surface area contributed by atoms with E-state index in [1.54, 1.807) is 24.3 Å². The van der Waals surface area contributed by atoms with E-state index < -0.39 is 0 Å². The molecule has 1 fully saturated rings. The zero-order valence-corrected chi connectivity index (χ0v) is 14.1. The van der Waals surface area contributed by atoms with E-state index in [4.69, 9.17) is 9.47 Å². The van der Waals surface area contributed by atoms with Crippen LogP contribution in [0.15, 0.2) is 48.5 Å². The zero-order valence-electron chi connectivity index (χ0n) is 14.1. The Morgan fingerprint density at radius 2 is 1.88 bits per heavy atom. The second kappa shape index (κ2) is 7.85. The number of methoxy groups -OCH3 is 1. The number of hydrogen-bond acceptors (Lipinski definition) is 5. The van der Waals surface area contributed by atoms with E-state index >= 15 is 0 Å². The van der Waals surface area contributed by atoms with E-state index in [1.807, 2.05) is 24.3 Å². The van der Waals surface area contributed by atoms with Crippen molar-refractivity contribution in [2.45, 2.75) is 0 Å². The Morgan fingerprint density at radius 1 is 1.16 bits per heavy atom. The fourth-order valence-electron chi connectivity index (χ4n) is 2.74. The van der Waals surface area contributed by atoms with Gasteiger partial charge in [-0.2, -0.15) is 0 Å². The van der Waals surface area contributed by atoms with Crippen LogP contribution in [0.1, 0.15) is 15.9 Å². The van der Waals surface area contributed by atoms with Gasteiger partial charge in [-0.1, -0.05) is 12.1 Å². The Kier molecular flexibility index (Phi) is 5.36. The molecule has 5 heteroatoms. The molecule has 0 saturated carbocycles. The lowest BCUT2D eigenvalue weighted by atomic mass is 10.1. The Hall–Kier alpha value is -2.79. The van der Waals surface area contributed by atoms with Crippen LogP contribution in [0, 0.1) is 0 Å². The summed E-state index contributed by atoms with van der Waals surface area (Å²) in [5.74, 6) is 0.373. The van der Waals surface area contributed by atoms with E-state index in [9.17, 15) is 9.90 Å². The summed E-state index contributed by atoms with van der Waals surface area (Å²) in [5.41, 5.74) is 2.46. The topological polar surface area (TPSA) is 59.0 Å². The molecule has 1 heterocycles. The first kappa shape index (κ1) is 17.0. The number of phenols is 1. The molecule has 1 N–H and O–H groups in total. The summed E-state index contributed by atoms with van der Waals surface area (Å²) < 4.78 is 10.4. The fourth-order valence-corrected chi connectivity index (χ4v) is 2.74. The quantitative estimate of drug-likeness (QED) is 0.670. The van der Waals surface area contributed by atoms with Crippen molar-refractivity contribution in [3.05, 3.63) is 59.7 Å². The Labute approximate surface area is 147 Å². The predicted octanol–water partition coefficient (Wildman–Crippen LogP) is 3.13. The molecule has 5 nitrogen and oxygen atoms in total. The van der Waals surface area contributed by atoms with Crippen molar-refractivity contribution in [3.8, 4) is 11.5 Å². The SMILES string of the molecule is COc1ccc(/C=C/C(=O)c2ccc(N3CCOCC3)cc2)cc1O. The highest BCUT2D eigenvalue weighted by Gasteiger charge is 2.11. The highest BCUT2D eigenvalue weighted by molar-refractivity contribution is 6.07. The molecule has 0 radical (unpaired) electrons. The number of carbonyl (C=O) groups excluding carboxylic acids is 1. The van der Waals surface area contributed by atoms with E-state index in [2.05, 4.69) is 4.90 Å². The summed E-state index contributed by atoms with van der Waals surface area (Å²) in [6.45, 7) is 3.21. The number of anilines is 1. The molecule has 0 bridgehead atoms. The van der Waals surface area contributed by atoms with Gasteiger partial charge in [0.2, 0.25) is 0 Å². The van der Waals surface area contributed by atoms with Gasteiger partial charge in [-0.15, -0.1) is 0 Å². The monoisotopic (exact) mass is 339 g/mol. The van der Waals surface area contributed by atoms with Crippen molar-refractivity contribution in [1.29, 1.82) is 0 Å². The van der Waals surface area contributed by atoms with E-state index in [-0.39, 0.29) is 11.5 Å². The number of rotatable bonds is 5. The molecule has 0 unspecified atom stereocenters. The van der Waals surface area contributed by atoms with Crippen molar-refractivity contribution in [1.82, 2.24) is 0 Å². The average Bonchev–Trinajstić information content (AvgIpc) is 2.67. The summed E-state index contributed by atoms with van der Waals surface area (Å²) in [4.78, 5) is 14.5. The van der Waals surface area contributed by atoms with Crippen molar-refractivity contribution in [2.75, 3.05) is 38.3 Å². The number of phenolic OH excluding ortho intramolecular Hbond substituents is 1. The van der Waals surface area contributed by atoms with Crippen LogP contribution in [0.3, 0.4) is 0 Å². The minimum absolute atomic E-state index is 0.0481. The van der Waals surface area contributed by atoms with Gasteiger partial charge in [-0.25, -0.2) is 0 Å². The van der Waals surface area contributed by atoms with Gasteiger partial charge in [0, 0.05) is 24.3 Å². The van der Waals surface area contributed by atoms with Gasteiger partial charge < -0.3 is 19.5 Å². The molecule has 0 aromatic heterocycles. The summed E-state index contributed by atoms with van der Waals surface area (Å²) >= 11 is 0. The largest absolute Gasteiger partial charge is 0.504 e. The van der Waals surface area contributed by atoms with E-state index in [1.165, 1.54) is 13.2 Å². The maximum absolute atomic E-state index is 12.3. The van der Waals surface area contributed by atoms with Gasteiger partial charge in [0.25, 0.3) is 0 Å². The Morgan fingerprint density at radius 3 is 2.52 bits per heavy atom. The smallest absolute Gasteiger partial charge is 0.185 e. The second-order valence-corrected chi connectivity index (χ2v) is 5.78. The van der Waals surface area contributed by atoms with Crippen LogP contribution >= 0.6 is 0 Å². The molecule has 0 aliphatic carbocycles. The van der Waals surface area contributed by atoms with Gasteiger partial charge >= 0.3 is 0 Å². The van der Waals surface area contributed by atoms with Gasteiger partial charge in [-0.3, -0.25) is 4.79 Å². The average molecular weight is 339 g/mol. The fraction of sp³-hybridized carbons (Fsp3) is 0.250. The van der Waals surface area contributed by atoms with Crippen molar-refractivity contribution >= 4 is 17.5 Å². The Balaban J connectivity index is 1.67. The van der Waals surface area contributed by atoms with Crippen LogP contribution in [-0.4, -0.2) is 44.3 Å². The number of carbonyl (C=O) groups is 1. The third-order valence-corrected chi connectivity index (χ3v) is 4.16.